The molecule has 1 aromatic carbocycles. The van der Waals surface area contributed by atoms with E-state index >= 15 is 4.39 Å². The second-order valence-electron chi connectivity index (χ2n) is 9.50. The van der Waals surface area contributed by atoms with Gasteiger partial charge < -0.3 is 19.1 Å². The molecular formula is C26H31F4N5O4. The molecule has 1 unspecified atom stereocenters. The van der Waals surface area contributed by atoms with Crippen LogP contribution in [0.2, 0.25) is 0 Å². The largest absolute Gasteiger partial charge is 0.472 e. The molecule has 3 heterocycles. The number of hydrogen-bond acceptors (Lipinski definition) is 6. The molecule has 1 amide bonds. The van der Waals surface area contributed by atoms with E-state index in [2.05, 4.69) is 16.8 Å². The molecule has 1 saturated heterocycles. The van der Waals surface area contributed by atoms with Crippen molar-refractivity contribution in [2.45, 2.75) is 51.3 Å². The lowest BCUT2D eigenvalue weighted by Gasteiger charge is -2.24. The van der Waals surface area contributed by atoms with Crippen LogP contribution in [0.25, 0.3) is 28.1 Å². The number of hydrogen-bond donors (Lipinski definition) is 0. The summed E-state index contributed by atoms with van der Waals surface area (Å²) in [5.41, 5.74) is 2.01. The second kappa shape index (κ2) is 11.3. The van der Waals surface area contributed by atoms with Crippen LogP contribution in [0.15, 0.2) is 18.7 Å². The number of aromatic nitrogens is 4. The predicted molar refractivity (Wildman–Crippen MR) is 135 cm³/mol. The summed E-state index contributed by atoms with van der Waals surface area (Å²) in [6, 6.07) is 3.08. The van der Waals surface area contributed by atoms with E-state index in [1.165, 1.54) is 30.9 Å². The SMILES string of the molecule is C=Cc1nn(C2CCCCO2)c2c(F)cc(-c3c(COC)nn(C)c3O[C@@H](C)CN(C)C(=O)C(F)(F)F)cc12. The standard InChI is InChI=1S/C26H31F4N5O4/c1-6-19-17-11-16(12-18(27)23(17)35(32-19)21-9-7-8-10-38-21)22-20(14-37-5)31-34(4)24(22)39-15(2)13-33(3)25(36)26(28,29)30/h6,11-12,15,21H,1,7-10,13-14H2,2-5H3/t15-,21?/m0/s1. The number of rotatable bonds is 9. The van der Waals surface area contributed by atoms with Crippen LogP contribution < -0.4 is 4.74 Å². The molecule has 13 heteroatoms. The summed E-state index contributed by atoms with van der Waals surface area (Å²) in [5.74, 6) is -2.34. The lowest BCUT2D eigenvalue weighted by atomic mass is 10.0. The molecule has 39 heavy (non-hydrogen) atoms. The molecule has 0 radical (unpaired) electrons. The lowest BCUT2D eigenvalue weighted by molar-refractivity contribution is -0.184. The van der Waals surface area contributed by atoms with E-state index in [4.69, 9.17) is 14.2 Å². The number of alkyl halides is 3. The summed E-state index contributed by atoms with van der Waals surface area (Å²) in [6.45, 7) is 5.64. The molecule has 2 atom stereocenters. The molecule has 0 aliphatic carbocycles. The number of carbonyl (C=O) groups excluding carboxylic acids is 1. The Kier molecular flexibility index (Phi) is 8.31. The molecule has 1 fully saturated rings. The molecule has 0 saturated carbocycles. The number of aryl methyl sites for hydroxylation is 1. The summed E-state index contributed by atoms with van der Waals surface area (Å²) in [5, 5.41) is 9.51. The summed E-state index contributed by atoms with van der Waals surface area (Å²) in [7, 11) is 4.12. The van der Waals surface area contributed by atoms with Crippen LogP contribution in [0.1, 0.15) is 43.8 Å². The fourth-order valence-corrected chi connectivity index (χ4v) is 4.80. The van der Waals surface area contributed by atoms with Crippen molar-refractivity contribution in [2.24, 2.45) is 7.05 Å². The Balaban J connectivity index is 1.76. The zero-order valence-electron chi connectivity index (χ0n) is 22.2. The minimum atomic E-state index is -5.00. The van der Waals surface area contributed by atoms with Crippen molar-refractivity contribution < 1.29 is 36.6 Å². The van der Waals surface area contributed by atoms with E-state index in [-0.39, 0.29) is 24.5 Å². The van der Waals surface area contributed by atoms with E-state index in [0.717, 1.165) is 19.9 Å². The first-order valence-electron chi connectivity index (χ1n) is 12.5. The van der Waals surface area contributed by atoms with Gasteiger partial charge in [0.15, 0.2) is 6.23 Å². The number of amides is 1. The molecular weight excluding hydrogens is 522 g/mol. The third-order valence-electron chi connectivity index (χ3n) is 6.48. The van der Waals surface area contributed by atoms with Gasteiger partial charge in [0.25, 0.3) is 0 Å². The summed E-state index contributed by atoms with van der Waals surface area (Å²) >= 11 is 0. The maximum absolute atomic E-state index is 15.8. The van der Waals surface area contributed by atoms with Gasteiger partial charge in [-0.3, -0.25) is 4.79 Å². The maximum atomic E-state index is 15.8. The van der Waals surface area contributed by atoms with Gasteiger partial charge in [0, 0.05) is 33.2 Å². The van der Waals surface area contributed by atoms with Crippen LogP contribution >= 0.6 is 0 Å². The average molecular weight is 554 g/mol. The molecule has 0 bridgehead atoms. The van der Waals surface area contributed by atoms with Gasteiger partial charge >= 0.3 is 12.1 Å². The third kappa shape index (κ3) is 5.78. The van der Waals surface area contributed by atoms with Crippen LogP contribution in [0, 0.1) is 5.82 Å². The zero-order valence-corrected chi connectivity index (χ0v) is 22.2. The van der Waals surface area contributed by atoms with Crippen LogP contribution in [0.5, 0.6) is 5.88 Å². The first kappa shape index (κ1) is 28.6. The van der Waals surface area contributed by atoms with Gasteiger partial charge in [-0.2, -0.15) is 23.4 Å². The highest BCUT2D eigenvalue weighted by atomic mass is 19.4. The number of benzene rings is 1. The van der Waals surface area contributed by atoms with Gasteiger partial charge in [0.2, 0.25) is 5.88 Å². The normalized spacial score (nSPS) is 16.9. The molecule has 212 valence electrons. The average Bonchev–Trinajstić information content (AvgIpc) is 3.41. The van der Waals surface area contributed by atoms with Crippen molar-refractivity contribution in [1.29, 1.82) is 0 Å². The Bertz CT molecular complexity index is 1360. The highest BCUT2D eigenvalue weighted by molar-refractivity contribution is 5.92. The monoisotopic (exact) mass is 553 g/mol. The Hall–Kier alpha value is -3.45. The minimum absolute atomic E-state index is 0.0660. The van der Waals surface area contributed by atoms with E-state index in [9.17, 15) is 18.0 Å². The van der Waals surface area contributed by atoms with Gasteiger partial charge in [-0.15, -0.1) is 0 Å². The van der Waals surface area contributed by atoms with Crippen LogP contribution in [-0.2, 0) is 27.9 Å². The molecule has 4 rings (SSSR count). The number of halogens is 4. The zero-order chi connectivity index (χ0) is 28.5. The molecule has 0 spiro atoms. The summed E-state index contributed by atoms with van der Waals surface area (Å²) < 4.78 is 74.4. The van der Waals surface area contributed by atoms with E-state index < -0.39 is 30.2 Å². The molecule has 2 aromatic heterocycles. The van der Waals surface area contributed by atoms with Crippen molar-refractivity contribution >= 4 is 22.9 Å². The van der Waals surface area contributed by atoms with Gasteiger partial charge in [-0.05, 0) is 50.0 Å². The van der Waals surface area contributed by atoms with Crippen LogP contribution in [-0.4, -0.2) is 70.0 Å². The minimum Gasteiger partial charge on any atom is -0.472 e. The third-order valence-corrected chi connectivity index (χ3v) is 6.48. The maximum Gasteiger partial charge on any atom is 0.471 e. The fraction of sp³-hybridized carbons (Fsp3) is 0.500. The Morgan fingerprint density at radius 3 is 2.69 bits per heavy atom. The van der Waals surface area contributed by atoms with E-state index in [1.54, 1.807) is 17.8 Å². The second-order valence-corrected chi connectivity index (χ2v) is 9.50. The first-order valence-corrected chi connectivity index (χ1v) is 12.5. The number of nitrogens with zero attached hydrogens (tertiary/aromatic N) is 5. The predicted octanol–water partition coefficient (Wildman–Crippen LogP) is 4.85. The Morgan fingerprint density at radius 1 is 1.33 bits per heavy atom. The van der Waals surface area contributed by atoms with Crippen molar-refractivity contribution in [1.82, 2.24) is 24.5 Å². The van der Waals surface area contributed by atoms with Crippen LogP contribution in [0.4, 0.5) is 17.6 Å². The highest BCUT2D eigenvalue weighted by Gasteiger charge is 2.41. The van der Waals surface area contributed by atoms with Crippen molar-refractivity contribution in [3.8, 4) is 17.0 Å². The van der Waals surface area contributed by atoms with Crippen LogP contribution in [0.3, 0.4) is 0 Å². The number of carbonyl (C=O) groups is 1. The molecule has 9 nitrogen and oxygen atoms in total. The molecule has 3 aromatic rings. The van der Waals surface area contributed by atoms with Gasteiger partial charge in [0.1, 0.15) is 17.4 Å². The number of likely N-dealkylation sites (N-methyl/N-ethyl adjacent to an activating group) is 1. The molecule has 1 aliphatic heterocycles. The van der Waals surface area contributed by atoms with Gasteiger partial charge in [0.05, 0.1) is 30.1 Å². The summed E-state index contributed by atoms with van der Waals surface area (Å²) in [6.07, 6.45) is -2.13. The molecule has 0 N–H and O–H groups in total. The van der Waals surface area contributed by atoms with E-state index in [1.807, 2.05) is 0 Å². The first-order chi connectivity index (χ1) is 18.5. The number of fused-ring (bicyclic) bond motifs is 1. The van der Waals surface area contributed by atoms with Gasteiger partial charge in [-0.25, -0.2) is 13.8 Å². The Morgan fingerprint density at radius 2 is 2.08 bits per heavy atom. The summed E-state index contributed by atoms with van der Waals surface area (Å²) in [4.78, 5) is 12.1. The lowest BCUT2D eigenvalue weighted by Crippen LogP contribution is -2.43. The van der Waals surface area contributed by atoms with Gasteiger partial charge in [-0.1, -0.05) is 6.58 Å². The van der Waals surface area contributed by atoms with Crippen molar-refractivity contribution in [3.63, 3.8) is 0 Å². The van der Waals surface area contributed by atoms with Crippen molar-refractivity contribution in [3.05, 3.63) is 35.9 Å². The number of methoxy groups -OCH3 is 1. The molecule has 1 aliphatic rings. The fourth-order valence-electron chi connectivity index (χ4n) is 4.80. The number of ether oxygens (including phenoxy) is 3. The van der Waals surface area contributed by atoms with Crippen molar-refractivity contribution in [2.75, 3.05) is 27.3 Å². The van der Waals surface area contributed by atoms with E-state index in [0.29, 0.717) is 45.8 Å². The Labute approximate surface area is 222 Å². The smallest absolute Gasteiger partial charge is 0.471 e. The quantitative estimate of drug-likeness (QED) is 0.352. The topological polar surface area (TPSA) is 83.6 Å². The highest BCUT2D eigenvalue weighted by Crippen LogP contribution is 2.39.